The molecule has 0 radical (unpaired) electrons. The van der Waals surface area contributed by atoms with Gasteiger partial charge in [-0.25, -0.2) is 4.79 Å². The number of carbonyl (C=O) groups excluding carboxylic acids is 2. The number of benzene rings is 3. The second-order valence-corrected chi connectivity index (χ2v) is 8.23. The number of ketones is 2. The maximum Gasteiger partial charge on any atom is 0.343 e. The molecule has 0 spiro atoms. The van der Waals surface area contributed by atoms with Gasteiger partial charge in [0, 0.05) is 5.92 Å². The van der Waals surface area contributed by atoms with E-state index < -0.39 is 29.5 Å². The van der Waals surface area contributed by atoms with E-state index in [1.165, 1.54) is 0 Å². The van der Waals surface area contributed by atoms with E-state index >= 15 is 0 Å². The van der Waals surface area contributed by atoms with Crippen LogP contribution >= 0.6 is 0 Å². The summed E-state index contributed by atoms with van der Waals surface area (Å²) in [6, 6.07) is 25.5. The number of hydrogen-bond acceptors (Lipinski definition) is 5. The molecule has 1 saturated carbocycles. The van der Waals surface area contributed by atoms with Crippen molar-refractivity contribution in [2.45, 2.75) is 17.9 Å². The summed E-state index contributed by atoms with van der Waals surface area (Å²) in [6.07, 6.45) is -0.962. The van der Waals surface area contributed by atoms with Crippen LogP contribution in [0.25, 0.3) is 11.0 Å². The zero-order valence-corrected chi connectivity index (χ0v) is 16.9. The Morgan fingerprint density at radius 2 is 1.28 bits per heavy atom. The predicted molar refractivity (Wildman–Crippen MR) is 118 cm³/mol. The SMILES string of the molecule is O=C1C(c2ccccc2)C(=O)[C@@H]2Oc3c(c(=O)oc4ccccc34)[C@H](c3ccccc3)C12. The summed E-state index contributed by atoms with van der Waals surface area (Å²) < 4.78 is 11.8. The van der Waals surface area contributed by atoms with Crippen molar-refractivity contribution >= 4 is 22.5 Å². The van der Waals surface area contributed by atoms with E-state index in [4.69, 9.17) is 9.15 Å². The van der Waals surface area contributed by atoms with Gasteiger partial charge in [-0.15, -0.1) is 0 Å². The van der Waals surface area contributed by atoms with Crippen LogP contribution in [0.3, 0.4) is 0 Å². The fourth-order valence-corrected chi connectivity index (χ4v) is 5.14. The Labute approximate surface area is 183 Å². The third kappa shape index (κ3) is 2.61. The maximum atomic E-state index is 13.7. The minimum absolute atomic E-state index is 0.224. The summed E-state index contributed by atoms with van der Waals surface area (Å²) in [5, 5.41) is 0.616. The molecule has 0 bridgehead atoms. The lowest BCUT2D eigenvalue weighted by Gasteiger charge is -2.34. The lowest BCUT2D eigenvalue weighted by atomic mass is 9.76. The first-order valence-electron chi connectivity index (χ1n) is 10.5. The average Bonchev–Trinajstić information content (AvgIpc) is 3.08. The van der Waals surface area contributed by atoms with Crippen molar-refractivity contribution in [2.75, 3.05) is 0 Å². The van der Waals surface area contributed by atoms with Gasteiger partial charge in [0.15, 0.2) is 17.7 Å². The van der Waals surface area contributed by atoms with Crippen molar-refractivity contribution in [2.24, 2.45) is 5.92 Å². The minimum atomic E-state index is -0.962. The molecule has 4 atom stereocenters. The highest BCUT2D eigenvalue weighted by molar-refractivity contribution is 6.18. The number of carbonyl (C=O) groups is 2. The topological polar surface area (TPSA) is 73.6 Å². The Morgan fingerprint density at radius 1 is 0.656 bits per heavy atom. The van der Waals surface area contributed by atoms with E-state index in [-0.39, 0.29) is 11.6 Å². The van der Waals surface area contributed by atoms with Gasteiger partial charge in [-0.05, 0) is 23.3 Å². The van der Waals surface area contributed by atoms with E-state index in [2.05, 4.69) is 0 Å². The summed E-state index contributed by atoms with van der Waals surface area (Å²) >= 11 is 0. The first-order chi connectivity index (χ1) is 15.6. The zero-order valence-electron chi connectivity index (χ0n) is 16.9. The van der Waals surface area contributed by atoms with Crippen molar-refractivity contribution in [3.05, 3.63) is 112 Å². The molecule has 5 nitrogen and oxygen atoms in total. The zero-order chi connectivity index (χ0) is 21.8. The molecular formula is C27H18O5. The van der Waals surface area contributed by atoms with Crippen LogP contribution in [0.2, 0.25) is 0 Å². The quantitative estimate of drug-likeness (QED) is 0.357. The molecule has 2 unspecified atom stereocenters. The molecule has 1 fully saturated rings. The Bertz CT molecular complexity index is 1420. The number of rotatable bonds is 2. The summed E-state index contributed by atoms with van der Waals surface area (Å²) in [5.74, 6) is -2.50. The molecule has 2 heterocycles. The maximum absolute atomic E-state index is 13.7. The van der Waals surface area contributed by atoms with Crippen LogP contribution in [0.1, 0.15) is 28.5 Å². The predicted octanol–water partition coefficient (Wildman–Crippen LogP) is 4.24. The largest absolute Gasteiger partial charge is 0.480 e. The first-order valence-corrected chi connectivity index (χ1v) is 10.5. The molecule has 5 heteroatoms. The molecule has 4 aromatic rings. The molecule has 0 amide bonds. The monoisotopic (exact) mass is 422 g/mol. The smallest absolute Gasteiger partial charge is 0.343 e. The molecule has 1 aliphatic carbocycles. The first kappa shape index (κ1) is 18.8. The molecule has 32 heavy (non-hydrogen) atoms. The van der Waals surface area contributed by atoms with E-state index in [0.717, 1.165) is 5.56 Å². The third-order valence-electron chi connectivity index (χ3n) is 6.51. The normalized spacial score (nSPS) is 24.1. The molecule has 0 N–H and O–H groups in total. The van der Waals surface area contributed by atoms with Crippen molar-refractivity contribution in [3.63, 3.8) is 0 Å². The van der Waals surface area contributed by atoms with Gasteiger partial charge >= 0.3 is 5.63 Å². The highest BCUT2D eigenvalue weighted by atomic mass is 16.5. The standard InChI is InChI=1S/C27H18O5/c28-23-20(16-11-5-2-6-12-16)24(29)26-21(23)19(15-9-3-1-4-10-15)22-25(32-26)17-13-7-8-14-18(17)31-27(22)30/h1-14,19-21,26H/t19-,20?,21?,26-/m1/s1. The second-order valence-electron chi connectivity index (χ2n) is 8.23. The summed E-state index contributed by atoms with van der Waals surface area (Å²) in [5.41, 5.74) is 1.57. The Kier molecular flexibility index (Phi) is 4.12. The third-order valence-corrected chi connectivity index (χ3v) is 6.51. The molecule has 3 aromatic carbocycles. The van der Waals surface area contributed by atoms with E-state index in [9.17, 15) is 14.4 Å². The second kappa shape index (κ2) is 7.02. The highest BCUT2D eigenvalue weighted by Gasteiger charge is 2.58. The van der Waals surface area contributed by atoms with Crippen LogP contribution in [0.5, 0.6) is 5.75 Å². The van der Waals surface area contributed by atoms with Gasteiger partial charge in [-0.1, -0.05) is 72.8 Å². The Balaban J connectivity index is 1.62. The van der Waals surface area contributed by atoms with E-state index in [1.54, 1.807) is 30.3 Å². The van der Waals surface area contributed by atoms with Crippen molar-refractivity contribution in [1.82, 2.24) is 0 Å². The molecule has 1 aliphatic heterocycles. The molecule has 0 saturated heterocycles. The van der Waals surface area contributed by atoms with Gasteiger partial charge in [0.2, 0.25) is 0 Å². The van der Waals surface area contributed by atoms with Crippen molar-refractivity contribution in [3.8, 4) is 5.75 Å². The van der Waals surface area contributed by atoms with Crippen molar-refractivity contribution in [1.29, 1.82) is 0 Å². The summed E-state index contributed by atoms with van der Waals surface area (Å²) in [6.45, 7) is 0. The van der Waals surface area contributed by atoms with Crippen LogP contribution < -0.4 is 10.4 Å². The lowest BCUT2D eigenvalue weighted by Crippen LogP contribution is -2.41. The summed E-state index contributed by atoms with van der Waals surface area (Å²) in [7, 11) is 0. The number of ether oxygens (including phenoxy) is 1. The number of hydrogen-bond donors (Lipinski definition) is 0. The van der Waals surface area contributed by atoms with Crippen LogP contribution in [-0.2, 0) is 9.59 Å². The van der Waals surface area contributed by atoms with Crippen LogP contribution in [0.4, 0.5) is 0 Å². The fourth-order valence-electron chi connectivity index (χ4n) is 5.14. The van der Waals surface area contributed by atoms with Crippen LogP contribution in [0, 0.1) is 5.92 Å². The Morgan fingerprint density at radius 3 is 2.00 bits per heavy atom. The van der Waals surface area contributed by atoms with Gasteiger partial charge in [-0.2, -0.15) is 0 Å². The van der Waals surface area contributed by atoms with Crippen molar-refractivity contribution < 1.29 is 18.7 Å². The van der Waals surface area contributed by atoms with Gasteiger partial charge in [0.05, 0.1) is 16.9 Å². The van der Waals surface area contributed by atoms with E-state index in [0.29, 0.717) is 27.8 Å². The van der Waals surface area contributed by atoms with Gasteiger partial charge < -0.3 is 9.15 Å². The van der Waals surface area contributed by atoms with Gasteiger partial charge in [0.1, 0.15) is 17.3 Å². The lowest BCUT2D eigenvalue weighted by molar-refractivity contribution is -0.126. The van der Waals surface area contributed by atoms with Crippen LogP contribution in [-0.4, -0.2) is 17.7 Å². The number of fused-ring (bicyclic) bond motifs is 4. The number of para-hydroxylation sites is 1. The summed E-state index contributed by atoms with van der Waals surface area (Å²) in [4.78, 5) is 40.3. The van der Waals surface area contributed by atoms with Gasteiger partial charge in [-0.3, -0.25) is 9.59 Å². The van der Waals surface area contributed by atoms with Crippen LogP contribution in [0.15, 0.2) is 94.1 Å². The minimum Gasteiger partial charge on any atom is -0.480 e. The van der Waals surface area contributed by atoms with E-state index in [1.807, 2.05) is 54.6 Å². The molecule has 6 rings (SSSR count). The molecule has 1 aromatic heterocycles. The highest BCUT2D eigenvalue weighted by Crippen LogP contribution is 2.51. The molecular weight excluding hydrogens is 404 g/mol. The Hall–Kier alpha value is -3.99. The number of Topliss-reactive ketones (excluding diaryl/α,β-unsaturated/α-hetero) is 2. The molecule has 156 valence electrons. The fraction of sp³-hybridized carbons (Fsp3) is 0.148. The average molecular weight is 422 g/mol. The molecule has 2 aliphatic rings. The van der Waals surface area contributed by atoms with Gasteiger partial charge in [0.25, 0.3) is 0 Å².